The first-order chi connectivity index (χ1) is 14.8. The Labute approximate surface area is 186 Å². The van der Waals surface area contributed by atoms with Gasteiger partial charge >= 0.3 is 0 Å². The molecular formula is C24H36N2O4S. The third-order valence-electron chi connectivity index (χ3n) is 7.60. The molecule has 2 heterocycles. The SMILES string of the molecule is CC(C)C(=O)N1CCC([C@@H]2CN(S(=O)(=O)c3ccc4c(c3)CCCC4)C[C@H]2CO)CC1. The van der Waals surface area contributed by atoms with E-state index < -0.39 is 10.0 Å². The number of aliphatic hydroxyl groups is 1. The van der Waals surface area contributed by atoms with E-state index in [-0.39, 0.29) is 30.3 Å². The molecule has 1 amide bonds. The third kappa shape index (κ3) is 4.55. The van der Waals surface area contributed by atoms with Gasteiger partial charge in [-0.3, -0.25) is 4.79 Å². The van der Waals surface area contributed by atoms with Crippen molar-refractivity contribution in [3.8, 4) is 0 Å². The van der Waals surface area contributed by atoms with E-state index in [0.29, 0.717) is 23.9 Å². The van der Waals surface area contributed by atoms with Crippen LogP contribution >= 0.6 is 0 Å². The number of rotatable bonds is 5. The number of hydrogen-bond acceptors (Lipinski definition) is 4. The van der Waals surface area contributed by atoms with Crippen LogP contribution in [0.15, 0.2) is 23.1 Å². The molecule has 31 heavy (non-hydrogen) atoms. The number of benzene rings is 1. The molecule has 172 valence electrons. The lowest BCUT2D eigenvalue weighted by Crippen LogP contribution is -2.43. The summed E-state index contributed by atoms with van der Waals surface area (Å²) in [5, 5.41) is 10.0. The highest BCUT2D eigenvalue weighted by Gasteiger charge is 2.43. The molecule has 1 N–H and O–H groups in total. The predicted octanol–water partition coefficient (Wildman–Crippen LogP) is 2.69. The van der Waals surface area contributed by atoms with E-state index in [4.69, 9.17) is 0 Å². The number of carbonyl (C=O) groups excluding carboxylic acids is 1. The Morgan fingerprint density at radius 3 is 2.42 bits per heavy atom. The number of amides is 1. The highest BCUT2D eigenvalue weighted by atomic mass is 32.2. The standard InChI is InChI=1S/C24H36N2O4S/c1-17(2)24(28)25-11-9-19(10-12-25)23-15-26(14-21(23)16-27)31(29,30)22-8-7-18-5-3-4-6-20(18)13-22/h7-8,13,17,19,21,23,27H,3-6,9-12,14-16H2,1-2H3/t21-,23-/m0/s1. The maximum absolute atomic E-state index is 13.4. The zero-order valence-corrected chi connectivity index (χ0v) is 19.6. The number of carbonyl (C=O) groups is 1. The molecule has 7 heteroatoms. The Hall–Kier alpha value is -1.44. The molecule has 0 aromatic heterocycles. The molecule has 1 aromatic carbocycles. The summed E-state index contributed by atoms with van der Waals surface area (Å²) in [6.07, 6.45) is 6.04. The van der Waals surface area contributed by atoms with Crippen LogP contribution in [-0.2, 0) is 27.7 Å². The second-order valence-corrected chi connectivity index (χ2v) is 11.8. The van der Waals surface area contributed by atoms with E-state index in [1.165, 1.54) is 17.5 Å². The summed E-state index contributed by atoms with van der Waals surface area (Å²) in [4.78, 5) is 14.6. The minimum Gasteiger partial charge on any atom is -0.396 e. The molecule has 1 aliphatic carbocycles. The van der Waals surface area contributed by atoms with Gasteiger partial charge in [0.2, 0.25) is 15.9 Å². The van der Waals surface area contributed by atoms with Crippen LogP contribution in [0.1, 0.15) is 50.7 Å². The van der Waals surface area contributed by atoms with Crippen molar-refractivity contribution in [3.63, 3.8) is 0 Å². The molecule has 0 saturated carbocycles. The first-order valence-electron chi connectivity index (χ1n) is 11.8. The van der Waals surface area contributed by atoms with Crippen molar-refractivity contribution in [2.75, 3.05) is 32.8 Å². The van der Waals surface area contributed by atoms with E-state index >= 15 is 0 Å². The minimum absolute atomic E-state index is 0.00507. The molecule has 6 nitrogen and oxygen atoms in total. The van der Waals surface area contributed by atoms with Crippen LogP contribution in [0.3, 0.4) is 0 Å². The number of nitrogens with zero attached hydrogens (tertiary/aromatic N) is 2. The third-order valence-corrected chi connectivity index (χ3v) is 9.43. The van der Waals surface area contributed by atoms with Gasteiger partial charge in [0.25, 0.3) is 0 Å². The zero-order valence-electron chi connectivity index (χ0n) is 18.8. The summed E-state index contributed by atoms with van der Waals surface area (Å²) in [6.45, 7) is 6.17. The molecule has 0 spiro atoms. The number of likely N-dealkylation sites (tertiary alicyclic amines) is 1. The highest BCUT2D eigenvalue weighted by molar-refractivity contribution is 7.89. The van der Waals surface area contributed by atoms with Crippen molar-refractivity contribution in [2.45, 2.75) is 57.3 Å². The fraction of sp³-hybridized carbons (Fsp3) is 0.708. The van der Waals surface area contributed by atoms with Gasteiger partial charge < -0.3 is 10.0 Å². The number of fused-ring (bicyclic) bond motifs is 1. The Kier molecular flexibility index (Phi) is 6.75. The van der Waals surface area contributed by atoms with E-state index in [1.54, 1.807) is 10.4 Å². The molecular weight excluding hydrogens is 412 g/mol. The lowest BCUT2D eigenvalue weighted by molar-refractivity contribution is -0.136. The Bertz CT molecular complexity index is 906. The first-order valence-corrected chi connectivity index (χ1v) is 13.3. The lowest BCUT2D eigenvalue weighted by Gasteiger charge is -2.37. The topological polar surface area (TPSA) is 77.9 Å². The summed E-state index contributed by atoms with van der Waals surface area (Å²) >= 11 is 0. The molecule has 0 bridgehead atoms. The molecule has 2 fully saturated rings. The van der Waals surface area contributed by atoms with Crippen molar-refractivity contribution in [1.82, 2.24) is 9.21 Å². The van der Waals surface area contributed by atoms with Crippen molar-refractivity contribution in [3.05, 3.63) is 29.3 Å². The molecule has 1 aromatic rings. The summed E-state index contributed by atoms with van der Waals surface area (Å²) in [7, 11) is -3.56. The maximum Gasteiger partial charge on any atom is 0.243 e. The van der Waals surface area contributed by atoms with Crippen molar-refractivity contribution < 1.29 is 18.3 Å². The van der Waals surface area contributed by atoms with Crippen LogP contribution in [0, 0.1) is 23.7 Å². The largest absolute Gasteiger partial charge is 0.396 e. The highest BCUT2D eigenvalue weighted by Crippen LogP contribution is 2.38. The maximum atomic E-state index is 13.4. The zero-order chi connectivity index (χ0) is 22.2. The minimum atomic E-state index is -3.56. The fourth-order valence-electron chi connectivity index (χ4n) is 5.71. The fourth-order valence-corrected chi connectivity index (χ4v) is 7.30. The molecule has 0 unspecified atom stereocenters. The second-order valence-electron chi connectivity index (χ2n) is 9.88. The van der Waals surface area contributed by atoms with Gasteiger partial charge in [0.15, 0.2) is 0 Å². The molecule has 2 saturated heterocycles. The Balaban J connectivity index is 1.46. The van der Waals surface area contributed by atoms with Crippen molar-refractivity contribution >= 4 is 15.9 Å². The lowest BCUT2D eigenvalue weighted by atomic mass is 9.78. The van der Waals surface area contributed by atoms with Crippen LogP contribution in [0.4, 0.5) is 0 Å². The summed E-state index contributed by atoms with van der Waals surface area (Å²) < 4.78 is 28.4. The van der Waals surface area contributed by atoms with Crippen LogP contribution in [-0.4, -0.2) is 61.4 Å². The molecule has 2 aliphatic heterocycles. The summed E-state index contributed by atoms with van der Waals surface area (Å²) in [6, 6.07) is 5.62. The molecule has 4 rings (SSSR count). The molecule has 3 aliphatic rings. The summed E-state index contributed by atoms with van der Waals surface area (Å²) in [5.74, 6) is 0.654. The number of aryl methyl sites for hydroxylation is 2. The Morgan fingerprint density at radius 2 is 1.77 bits per heavy atom. The van der Waals surface area contributed by atoms with E-state index in [1.807, 2.05) is 30.9 Å². The van der Waals surface area contributed by atoms with E-state index in [9.17, 15) is 18.3 Å². The van der Waals surface area contributed by atoms with E-state index in [0.717, 1.165) is 45.2 Å². The van der Waals surface area contributed by atoms with Gasteiger partial charge in [-0.1, -0.05) is 19.9 Å². The number of hydrogen-bond donors (Lipinski definition) is 1. The van der Waals surface area contributed by atoms with Crippen LogP contribution in [0.5, 0.6) is 0 Å². The van der Waals surface area contributed by atoms with Gasteiger partial charge in [-0.15, -0.1) is 0 Å². The smallest absolute Gasteiger partial charge is 0.243 e. The van der Waals surface area contributed by atoms with Crippen LogP contribution in [0.2, 0.25) is 0 Å². The normalized spacial score (nSPS) is 25.7. The monoisotopic (exact) mass is 448 g/mol. The number of aliphatic hydroxyl groups excluding tert-OH is 1. The average molecular weight is 449 g/mol. The van der Waals surface area contributed by atoms with Crippen LogP contribution < -0.4 is 0 Å². The van der Waals surface area contributed by atoms with Gasteiger partial charge in [0.05, 0.1) is 4.90 Å². The van der Waals surface area contributed by atoms with Gasteiger partial charge in [-0.05, 0) is 73.6 Å². The molecule has 0 radical (unpaired) electrons. The summed E-state index contributed by atoms with van der Waals surface area (Å²) in [5.41, 5.74) is 2.45. The van der Waals surface area contributed by atoms with Crippen molar-refractivity contribution in [2.24, 2.45) is 23.7 Å². The quantitative estimate of drug-likeness (QED) is 0.751. The Morgan fingerprint density at radius 1 is 1.10 bits per heavy atom. The van der Waals surface area contributed by atoms with Gasteiger partial charge in [0.1, 0.15) is 0 Å². The van der Waals surface area contributed by atoms with Crippen LogP contribution in [0.25, 0.3) is 0 Å². The van der Waals surface area contributed by atoms with E-state index in [2.05, 4.69) is 0 Å². The number of sulfonamides is 1. The van der Waals surface area contributed by atoms with Gasteiger partial charge in [0, 0.05) is 44.6 Å². The molecule has 2 atom stereocenters. The first kappa shape index (κ1) is 22.7. The second kappa shape index (κ2) is 9.20. The average Bonchev–Trinajstić information content (AvgIpc) is 3.23. The predicted molar refractivity (Wildman–Crippen MR) is 120 cm³/mol. The van der Waals surface area contributed by atoms with Gasteiger partial charge in [-0.2, -0.15) is 4.31 Å². The van der Waals surface area contributed by atoms with Crippen molar-refractivity contribution in [1.29, 1.82) is 0 Å². The van der Waals surface area contributed by atoms with Gasteiger partial charge in [-0.25, -0.2) is 8.42 Å². The number of piperidine rings is 1.